The predicted octanol–water partition coefficient (Wildman–Crippen LogP) is 3.64. The van der Waals surface area contributed by atoms with E-state index in [-0.39, 0.29) is 11.5 Å². The first-order chi connectivity index (χ1) is 11.8. The number of hydrogen-bond acceptors (Lipinski definition) is 3. The van der Waals surface area contributed by atoms with Crippen LogP contribution in [0.5, 0.6) is 5.75 Å². The molecule has 1 amide bonds. The molecule has 0 unspecified atom stereocenters. The number of hydrogen-bond donors (Lipinski definition) is 2. The van der Waals surface area contributed by atoms with E-state index >= 15 is 0 Å². The van der Waals surface area contributed by atoms with E-state index in [2.05, 4.69) is 5.32 Å². The lowest BCUT2D eigenvalue weighted by Crippen LogP contribution is -2.26. The van der Waals surface area contributed by atoms with Crippen LogP contribution < -0.4 is 10.1 Å². The second kappa shape index (κ2) is 8.03. The molecular formula is C19H20ClNO4. The Morgan fingerprint density at radius 2 is 1.84 bits per heavy atom. The van der Waals surface area contributed by atoms with Gasteiger partial charge in [-0.2, -0.15) is 0 Å². The predicted molar refractivity (Wildman–Crippen MR) is 96.9 cm³/mol. The Hall–Kier alpha value is -2.53. The molecule has 2 aromatic carbocycles. The minimum Gasteiger partial charge on any atom is -0.496 e. The molecule has 25 heavy (non-hydrogen) atoms. The van der Waals surface area contributed by atoms with Gasteiger partial charge in [-0.25, -0.2) is 4.79 Å². The Bertz CT molecular complexity index is 817. The second-order valence-electron chi connectivity index (χ2n) is 5.75. The SMILES string of the molecule is COc1cc(C(=O)O)ccc1CCNC(=O)c1cc(C)c(C)cc1Cl. The minimum atomic E-state index is -1.01. The van der Waals surface area contributed by atoms with Crippen molar-refractivity contribution in [2.24, 2.45) is 0 Å². The van der Waals surface area contributed by atoms with Gasteiger partial charge in [-0.3, -0.25) is 4.79 Å². The van der Waals surface area contributed by atoms with Gasteiger partial charge in [0, 0.05) is 6.54 Å². The molecule has 0 heterocycles. The number of rotatable bonds is 6. The molecule has 5 nitrogen and oxygen atoms in total. The summed E-state index contributed by atoms with van der Waals surface area (Å²) in [5, 5.41) is 12.3. The molecule has 0 saturated heterocycles. The van der Waals surface area contributed by atoms with Crippen LogP contribution in [0.1, 0.15) is 37.4 Å². The second-order valence-corrected chi connectivity index (χ2v) is 6.16. The molecular weight excluding hydrogens is 342 g/mol. The number of carboxylic acid groups (broad SMARTS) is 1. The van der Waals surface area contributed by atoms with E-state index in [4.69, 9.17) is 21.4 Å². The summed E-state index contributed by atoms with van der Waals surface area (Å²) in [5.74, 6) is -0.768. The maximum Gasteiger partial charge on any atom is 0.335 e. The average Bonchev–Trinajstić information content (AvgIpc) is 2.57. The summed E-state index contributed by atoms with van der Waals surface area (Å²) in [4.78, 5) is 23.3. The van der Waals surface area contributed by atoms with Gasteiger partial charge < -0.3 is 15.2 Å². The fourth-order valence-corrected chi connectivity index (χ4v) is 2.75. The molecule has 0 radical (unpaired) electrons. The van der Waals surface area contributed by atoms with Gasteiger partial charge in [0.1, 0.15) is 5.75 Å². The lowest BCUT2D eigenvalue weighted by atomic mass is 10.1. The third-order valence-electron chi connectivity index (χ3n) is 4.04. The molecule has 0 spiro atoms. The van der Waals surface area contributed by atoms with Crippen molar-refractivity contribution in [3.8, 4) is 5.75 Å². The van der Waals surface area contributed by atoms with Crippen LogP contribution >= 0.6 is 11.6 Å². The number of benzene rings is 2. The fraction of sp³-hybridized carbons (Fsp3) is 0.263. The summed E-state index contributed by atoms with van der Waals surface area (Å²) < 4.78 is 5.23. The summed E-state index contributed by atoms with van der Waals surface area (Å²) in [6.45, 7) is 4.25. The van der Waals surface area contributed by atoms with Crippen molar-refractivity contribution in [2.45, 2.75) is 20.3 Å². The van der Waals surface area contributed by atoms with Gasteiger partial charge in [-0.05, 0) is 61.2 Å². The molecule has 0 saturated carbocycles. The highest BCUT2D eigenvalue weighted by molar-refractivity contribution is 6.34. The van der Waals surface area contributed by atoms with Crippen LogP contribution in [0.25, 0.3) is 0 Å². The van der Waals surface area contributed by atoms with Crippen LogP contribution in [-0.2, 0) is 6.42 Å². The number of ether oxygens (including phenoxy) is 1. The molecule has 0 aromatic heterocycles. The first-order valence-electron chi connectivity index (χ1n) is 7.78. The van der Waals surface area contributed by atoms with Crippen molar-refractivity contribution in [3.63, 3.8) is 0 Å². The monoisotopic (exact) mass is 361 g/mol. The zero-order valence-corrected chi connectivity index (χ0v) is 15.1. The van der Waals surface area contributed by atoms with Crippen LogP contribution in [0.4, 0.5) is 0 Å². The largest absolute Gasteiger partial charge is 0.496 e. The Morgan fingerprint density at radius 3 is 2.48 bits per heavy atom. The zero-order valence-electron chi connectivity index (χ0n) is 14.4. The maximum atomic E-state index is 12.3. The number of halogens is 1. The standard InChI is InChI=1S/C19H20ClNO4/c1-11-8-15(16(20)9-12(11)2)18(22)21-7-6-13-4-5-14(19(23)24)10-17(13)25-3/h4-5,8-10H,6-7H2,1-3H3,(H,21,22)(H,23,24). The maximum absolute atomic E-state index is 12.3. The molecule has 0 aliphatic rings. The highest BCUT2D eigenvalue weighted by Crippen LogP contribution is 2.22. The average molecular weight is 362 g/mol. The Balaban J connectivity index is 2.04. The summed E-state index contributed by atoms with van der Waals surface area (Å²) in [6.07, 6.45) is 0.511. The summed E-state index contributed by atoms with van der Waals surface area (Å²) in [6, 6.07) is 8.23. The smallest absolute Gasteiger partial charge is 0.335 e. The summed E-state index contributed by atoms with van der Waals surface area (Å²) in [7, 11) is 1.48. The first-order valence-corrected chi connectivity index (χ1v) is 8.16. The minimum absolute atomic E-state index is 0.159. The zero-order chi connectivity index (χ0) is 18.6. The highest BCUT2D eigenvalue weighted by atomic mass is 35.5. The van der Waals surface area contributed by atoms with Crippen molar-refractivity contribution in [2.75, 3.05) is 13.7 Å². The van der Waals surface area contributed by atoms with Gasteiger partial charge in [0.05, 0.1) is 23.3 Å². The highest BCUT2D eigenvalue weighted by Gasteiger charge is 2.13. The van der Waals surface area contributed by atoms with Crippen LogP contribution in [-0.4, -0.2) is 30.6 Å². The number of aryl methyl sites for hydroxylation is 2. The number of carbonyl (C=O) groups excluding carboxylic acids is 1. The molecule has 0 fully saturated rings. The van der Waals surface area contributed by atoms with E-state index in [9.17, 15) is 9.59 Å². The number of carbonyl (C=O) groups is 2. The van der Waals surface area contributed by atoms with E-state index in [0.29, 0.717) is 29.3 Å². The number of methoxy groups -OCH3 is 1. The van der Waals surface area contributed by atoms with E-state index in [1.807, 2.05) is 13.8 Å². The molecule has 0 aliphatic carbocycles. The molecule has 6 heteroatoms. The van der Waals surface area contributed by atoms with Crippen molar-refractivity contribution in [1.82, 2.24) is 5.32 Å². The van der Waals surface area contributed by atoms with Gasteiger partial charge in [-0.15, -0.1) is 0 Å². The molecule has 0 atom stereocenters. The normalized spacial score (nSPS) is 10.4. The van der Waals surface area contributed by atoms with Gasteiger partial charge >= 0.3 is 5.97 Å². The lowest BCUT2D eigenvalue weighted by Gasteiger charge is -2.11. The van der Waals surface area contributed by atoms with E-state index in [0.717, 1.165) is 16.7 Å². The van der Waals surface area contributed by atoms with Gasteiger partial charge in [0.25, 0.3) is 5.91 Å². The quantitative estimate of drug-likeness (QED) is 0.823. The third kappa shape index (κ3) is 4.51. The fourth-order valence-electron chi connectivity index (χ4n) is 2.45. The molecule has 0 bridgehead atoms. The molecule has 2 rings (SSSR count). The van der Waals surface area contributed by atoms with Crippen molar-refractivity contribution in [1.29, 1.82) is 0 Å². The Kier molecular flexibility index (Phi) is 6.04. The Morgan fingerprint density at radius 1 is 1.16 bits per heavy atom. The van der Waals surface area contributed by atoms with E-state index in [1.54, 1.807) is 18.2 Å². The van der Waals surface area contributed by atoms with Crippen molar-refractivity contribution < 1.29 is 19.4 Å². The topological polar surface area (TPSA) is 75.6 Å². The third-order valence-corrected chi connectivity index (χ3v) is 4.35. The lowest BCUT2D eigenvalue weighted by molar-refractivity contribution is 0.0696. The molecule has 132 valence electrons. The van der Waals surface area contributed by atoms with Gasteiger partial charge in [0.15, 0.2) is 0 Å². The number of nitrogens with one attached hydrogen (secondary N) is 1. The van der Waals surface area contributed by atoms with Crippen LogP contribution in [0.15, 0.2) is 30.3 Å². The van der Waals surface area contributed by atoms with Crippen LogP contribution in [0, 0.1) is 13.8 Å². The number of aromatic carboxylic acids is 1. The number of carboxylic acids is 1. The number of amides is 1. The van der Waals surface area contributed by atoms with E-state index in [1.165, 1.54) is 19.2 Å². The summed E-state index contributed by atoms with van der Waals surface area (Å²) >= 11 is 6.15. The molecule has 2 aromatic rings. The van der Waals surface area contributed by atoms with Crippen molar-refractivity contribution in [3.05, 3.63) is 63.2 Å². The Labute approximate surface area is 151 Å². The molecule has 0 aliphatic heterocycles. The summed E-state index contributed by atoms with van der Waals surface area (Å²) in [5.41, 5.74) is 3.45. The van der Waals surface area contributed by atoms with E-state index < -0.39 is 5.97 Å². The van der Waals surface area contributed by atoms with Gasteiger partial charge in [0.2, 0.25) is 0 Å². The van der Waals surface area contributed by atoms with Crippen LogP contribution in [0.3, 0.4) is 0 Å². The van der Waals surface area contributed by atoms with Gasteiger partial charge in [-0.1, -0.05) is 17.7 Å². The first kappa shape index (κ1) is 18.8. The van der Waals surface area contributed by atoms with Crippen LogP contribution in [0.2, 0.25) is 5.02 Å². The molecule has 2 N–H and O–H groups in total. The van der Waals surface area contributed by atoms with Crippen molar-refractivity contribution >= 4 is 23.5 Å².